The number of halogens is 1. The molecule has 192 valence electrons. The number of hydrogen-bond acceptors (Lipinski definition) is 4. The Labute approximate surface area is 222 Å². The van der Waals surface area contributed by atoms with Gasteiger partial charge in [-0.1, -0.05) is 74.8 Å². The van der Waals surface area contributed by atoms with Crippen LogP contribution in [0.3, 0.4) is 0 Å². The molecule has 4 aromatic rings. The molecule has 2 unspecified atom stereocenters. The molecule has 37 heavy (non-hydrogen) atoms. The van der Waals surface area contributed by atoms with E-state index in [1.807, 2.05) is 76.2 Å². The summed E-state index contributed by atoms with van der Waals surface area (Å²) in [4.78, 5) is 34.5. The fourth-order valence-electron chi connectivity index (χ4n) is 4.68. The zero-order valence-electron chi connectivity index (χ0n) is 21.7. The number of nitrogens with two attached hydrogens (primary N) is 1. The SMILES string of the molecule is CCC(N)N(C(=O)c1ccc(C)c(Cl)c1)C(c1nc2ccccn2c(=O)c1Cc1ccccc1)C(C)C. The molecular weight excluding hydrogens is 484 g/mol. The van der Waals surface area contributed by atoms with Crippen LogP contribution in [-0.4, -0.2) is 26.4 Å². The van der Waals surface area contributed by atoms with E-state index >= 15 is 0 Å². The second-order valence-electron chi connectivity index (χ2n) is 9.71. The number of amides is 1. The number of carbonyl (C=O) groups excluding carboxylic acids is 1. The molecule has 1 amide bonds. The lowest BCUT2D eigenvalue weighted by atomic mass is 9.91. The molecule has 0 saturated heterocycles. The predicted molar refractivity (Wildman–Crippen MR) is 149 cm³/mol. The quantitative estimate of drug-likeness (QED) is 0.301. The fourth-order valence-corrected chi connectivity index (χ4v) is 4.86. The Balaban J connectivity index is 1.95. The highest BCUT2D eigenvalue weighted by Gasteiger charge is 2.35. The highest BCUT2D eigenvalue weighted by atomic mass is 35.5. The van der Waals surface area contributed by atoms with E-state index < -0.39 is 12.2 Å². The van der Waals surface area contributed by atoms with Crippen LogP contribution in [0.4, 0.5) is 0 Å². The summed E-state index contributed by atoms with van der Waals surface area (Å²) in [5.41, 5.74) is 10.5. The van der Waals surface area contributed by atoms with Crippen LogP contribution in [0.25, 0.3) is 5.65 Å². The monoisotopic (exact) mass is 516 g/mol. The Morgan fingerprint density at radius 2 is 1.78 bits per heavy atom. The van der Waals surface area contributed by atoms with E-state index in [-0.39, 0.29) is 17.4 Å². The van der Waals surface area contributed by atoms with Crippen molar-refractivity contribution in [3.8, 4) is 0 Å². The minimum atomic E-state index is -0.583. The molecule has 2 atom stereocenters. The molecular formula is C30H33ClN4O2. The highest BCUT2D eigenvalue weighted by Crippen LogP contribution is 2.33. The Morgan fingerprint density at radius 3 is 2.43 bits per heavy atom. The molecule has 0 radical (unpaired) electrons. The van der Waals surface area contributed by atoms with Gasteiger partial charge in [0.05, 0.1) is 17.9 Å². The normalized spacial score (nSPS) is 13.1. The number of fused-ring (bicyclic) bond motifs is 1. The van der Waals surface area contributed by atoms with Crippen molar-refractivity contribution in [1.82, 2.24) is 14.3 Å². The fraction of sp³-hybridized carbons (Fsp3) is 0.300. The van der Waals surface area contributed by atoms with Crippen LogP contribution in [0, 0.1) is 12.8 Å². The molecule has 2 heterocycles. The standard InChI is InChI=1S/C30H33ClN4O2/c1-5-25(32)35(29(36)22-15-14-20(4)24(31)18-22)28(19(2)3)27-23(17-21-11-7-6-8-12-21)30(37)34-16-10-9-13-26(34)33-27/h6-16,18-19,25,28H,5,17,32H2,1-4H3. The number of hydrogen-bond donors (Lipinski definition) is 1. The van der Waals surface area contributed by atoms with Crippen LogP contribution in [0.1, 0.15) is 66.0 Å². The number of aromatic nitrogens is 2. The van der Waals surface area contributed by atoms with Gasteiger partial charge in [0, 0.05) is 28.8 Å². The Kier molecular flexibility index (Phi) is 8.10. The van der Waals surface area contributed by atoms with Gasteiger partial charge in [0.25, 0.3) is 11.5 Å². The zero-order chi connectivity index (χ0) is 26.7. The minimum absolute atomic E-state index is 0.0740. The number of aryl methyl sites for hydroxylation is 1. The first kappa shape index (κ1) is 26.6. The molecule has 0 spiro atoms. The van der Waals surface area contributed by atoms with Crippen molar-refractivity contribution in [3.05, 3.63) is 116 Å². The van der Waals surface area contributed by atoms with Crippen LogP contribution in [0.5, 0.6) is 0 Å². The Morgan fingerprint density at radius 1 is 1.08 bits per heavy atom. The Bertz CT molecular complexity index is 1470. The average molecular weight is 517 g/mol. The van der Waals surface area contributed by atoms with Crippen LogP contribution in [0.15, 0.2) is 77.7 Å². The first-order valence-corrected chi connectivity index (χ1v) is 13.0. The van der Waals surface area contributed by atoms with Crippen molar-refractivity contribution in [1.29, 1.82) is 0 Å². The number of carbonyl (C=O) groups is 1. The number of benzene rings is 2. The van der Waals surface area contributed by atoms with Gasteiger partial charge in [-0.25, -0.2) is 4.98 Å². The molecule has 4 rings (SSSR count). The topological polar surface area (TPSA) is 80.7 Å². The lowest BCUT2D eigenvalue weighted by Gasteiger charge is -2.39. The lowest BCUT2D eigenvalue weighted by Crippen LogP contribution is -2.50. The van der Waals surface area contributed by atoms with Crippen LogP contribution in [-0.2, 0) is 6.42 Å². The van der Waals surface area contributed by atoms with Crippen molar-refractivity contribution < 1.29 is 4.79 Å². The average Bonchev–Trinajstić information content (AvgIpc) is 2.90. The van der Waals surface area contributed by atoms with E-state index in [0.717, 1.165) is 11.1 Å². The lowest BCUT2D eigenvalue weighted by molar-refractivity contribution is 0.0486. The summed E-state index contributed by atoms with van der Waals surface area (Å²) in [7, 11) is 0. The summed E-state index contributed by atoms with van der Waals surface area (Å²) in [5, 5.41) is 0.517. The predicted octanol–water partition coefficient (Wildman–Crippen LogP) is 5.78. The third-order valence-electron chi connectivity index (χ3n) is 6.72. The molecule has 2 aromatic carbocycles. The van der Waals surface area contributed by atoms with E-state index in [4.69, 9.17) is 22.3 Å². The second kappa shape index (κ2) is 11.3. The first-order valence-electron chi connectivity index (χ1n) is 12.6. The smallest absolute Gasteiger partial charge is 0.261 e. The van der Waals surface area contributed by atoms with Gasteiger partial charge in [-0.2, -0.15) is 0 Å². The van der Waals surface area contributed by atoms with Crippen molar-refractivity contribution in [2.24, 2.45) is 11.7 Å². The third kappa shape index (κ3) is 5.45. The number of rotatable bonds is 8. The van der Waals surface area contributed by atoms with E-state index in [9.17, 15) is 9.59 Å². The molecule has 0 bridgehead atoms. The van der Waals surface area contributed by atoms with E-state index in [0.29, 0.717) is 40.3 Å². The van der Waals surface area contributed by atoms with Crippen molar-refractivity contribution in [2.45, 2.75) is 52.7 Å². The summed E-state index contributed by atoms with van der Waals surface area (Å²) in [5.74, 6) is -0.314. The summed E-state index contributed by atoms with van der Waals surface area (Å²) < 4.78 is 1.56. The van der Waals surface area contributed by atoms with Crippen molar-refractivity contribution in [3.63, 3.8) is 0 Å². The molecule has 2 aromatic heterocycles. The largest absolute Gasteiger partial charge is 0.314 e. The summed E-state index contributed by atoms with van der Waals surface area (Å²) >= 11 is 6.38. The first-order chi connectivity index (χ1) is 17.7. The summed E-state index contributed by atoms with van der Waals surface area (Å²) in [6, 6.07) is 20.0. The second-order valence-corrected chi connectivity index (χ2v) is 10.1. The molecule has 6 nitrogen and oxygen atoms in total. The highest BCUT2D eigenvalue weighted by molar-refractivity contribution is 6.31. The van der Waals surface area contributed by atoms with E-state index in [2.05, 4.69) is 0 Å². The van der Waals surface area contributed by atoms with E-state index in [1.165, 1.54) is 0 Å². The maximum Gasteiger partial charge on any atom is 0.261 e. The van der Waals surface area contributed by atoms with Crippen LogP contribution >= 0.6 is 11.6 Å². The number of pyridine rings is 1. The van der Waals surface area contributed by atoms with Gasteiger partial charge in [-0.3, -0.25) is 14.0 Å². The van der Waals surface area contributed by atoms with Crippen molar-refractivity contribution in [2.75, 3.05) is 0 Å². The van der Waals surface area contributed by atoms with E-state index in [1.54, 1.807) is 33.7 Å². The molecule has 0 aliphatic heterocycles. The minimum Gasteiger partial charge on any atom is -0.314 e. The maximum absolute atomic E-state index is 14.0. The van der Waals surface area contributed by atoms with Crippen molar-refractivity contribution >= 4 is 23.2 Å². The molecule has 0 aliphatic carbocycles. The maximum atomic E-state index is 14.0. The Hall–Kier alpha value is -3.48. The van der Waals surface area contributed by atoms with Gasteiger partial charge in [0.15, 0.2) is 0 Å². The van der Waals surface area contributed by atoms with Gasteiger partial charge in [0.1, 0.15) is 5.65 Å². The molecule has 7 heteroatoms. The molecule has 0 saturated carbocycles. The van der Waals surface area contributed by atoms with Gasteiger partial charge in [-0.15, -0.1) is 0 Å². The van der Waals surface area contributed by atoms with Gasteiger partial charge >= 0.3 is 0 Å². The molecule has 2 N–H and O–H groups in total. The third-order valence-corrected chi connectivity index (χ3v) is 7.13. The van der Waals surface area contributed by atoms with Gasteiger partial charge < -0.3 is 10.6 Å². The number of nitrogens with zero attached hydrogens (tertiary/aromatic N) is 3. The molecule has 0 fully saturated rings. The van der Waals surface area contributed by atoms with Crippen LogP contribution < -0.4 is 11.3 Å². The van der Waals surface area contributed by atoms with Gasteiger partial charge in [-0.05, 0) is 54.7 Å². The summed E-state index contributed by atoms with van der Waals surface area (Å²) in [6.45, 7) is 7.88. The zero-order valence-corrected chi connectivity index (χ0v) is 22.4. The van der Waals surface area contributed by atoms with Gasteiger partial charge in [0.2, 0.25) is 0 Å². The molecule has 0 aliphatic rings. The summed E-state index contributed by atoms with van der Waals surface area (Å²) in [6.07, 6.45) is 2.07. The van der Waals surface area contributed by atoms with Crippen LogP contribution in [0.2, 0.25) is 5.02 Å².